The predicted octanol–water partition coefficient (Wildman–Crippen LogP) is 3.94. The zero-order valence-corrected chi connectivity index (χ0v) is 9.98. The number of Topliss-reactive ketones (excluding diaryl/α,β-unsaturated/α-hetero) is 1. The molecule has 0 amide bonds. The molecule has 80 valence electrons. The van der Waals surface area contributed by atoms with Crippen LogP contribution in [0.2, 0.25) is 5.02 Å². The van der Waals surface area contributed by atoms with Gasteiger partial charge in [0, 0.05) is 28.0 Å². The largest absolute Gasteiger partial charge is 0.300 e. The summed E-state index contributed by atoms with van der Waals surface area (Å²) in [4.78, 5) is 12.3. The average Bonchev–Trinajstić information content (AvgIpc) is 2.22. The van der Waals surface area contributed by atoms with E-state index < -0.39 is 0 Å². The topological polar surface area (TPSA) is 17.1 Å². The normalized spacial score (nSPS) is 18.1. The summed E-state index contributed by atoms with van der Waals surface area (Å²) < 4.78 is 0. The number of carbonyl (C=O) groups is 1. The summed E-state index contributed by atoms with van der Waals surface area (Å²) >= 11 is 7.76. The lowest BCUT2D eigenvalue weighted by atomic mass is 9.99. The summed E-state index contributed by atoms with van der Waals surface area (Å²) in [6.07, 6.45) is 3.52. The van der Waals surface area contributed by atoms with E-state index in [1.807, 2.05) is 30.0 Å². The van der Waals surface area contributed by atoms with Crippen LogP contribution in [-0.4, -0.2) is 11.0 Å². The third kappa shape index (κ3) is 3.25. The van der Waals surface area contributed by atoms with Gasteiger partial charge in [-0.2, -0.15) is 0 Å². The van der Waals surface area contributed by atoms with Crippen molar-refractivity contribution in [3.8, 4) is 0 Å². The van der Waals surface area contributed by atoms with Crippen molar-refractivity contribution in [2.24, 2.45) is 0 Å². The second-order valence-corrected chi connectivity index (χ2v) is 5.62. The summed E-state index contributed by atoms with van der Waals surface area (Å²) in [5.41, 5.74) is 0. The fraction of sp³-hybridized carbons (Fsp3) is 0.417. The highest BCUT2D eigenvalue weighted by molar-refractivity contribution is 8.00. The standard InChI is InChI=1S/C12H13ClOS/c13-9-2-1-3-12(8-9)15-11-6-4-10(14)5-7-11/h1-3,8,11H,4-7H2. The molecule has 1 aliphatic rings. The SMILES string of the molecule is O=C1CCC(Sc2cccc(Cl)c2)CC1. The lowest BCUT2D eigenvalue weighted by Gasteiger charge is -2.20. The number of carbonyl (C=O) groups excluding carboxylic acids is 1. The van der Waals surface area contributed by atoms with Gasteiger partial charge in [-0.05, 0) is 31.0 Å². The minimum absolute atomic E-state index is 0.415. The molecule has 0 bridgehead atoms. The lowest BCUT2D eigenvalue weighted by Crippen LogP contribution is -2.15. The number of thioether (sulfide) groups is 1. The van der Waals surface area contributed by atoms with Gasteiger partial charge in [-0.15, -0.1) is 11.8 Å². The van der Waals surface area contributed by atoms with Crippen LogP contribution in [0.25, 0.3) is 0 Å². The molecule has 1 aliphatic carbocycles. The molecule has 0 aliphatic heterocycles. The third-order valence-corrected chi connectivity index (χ3v) is 4.16. The Kier molecular flexibility index (Phi) is 3.71. The van der Waals surface area contributed by atoms with Crippen LogP contribution in [0, 0.1) is 0 Å². The van der Waals surface area contributed by atoms with E-state index in [1.54, 1.807) is 0 Å². The molecule has 1 saturated carbocycles. The average molecular weight is 241 g/mol. The van der Waals surface area contributed by atoms with E-state index in [4.69, 9.17) is 11.6 Å². The van der Waals surface area contributed by atoms with Crippen LogP contribution < -0.4 is 0 Å². The monoisotopic (exact) mass is 240 g/mol. The zero-order chi connectivity index (χ0) is 10.7. The maximum atomic E-state index is 11.1. The summed E-state index contributed by atoms with van der Waals surface area (Å²) in [6, 6.07) is 7.92. The van der Waals surface area contributed by atoms with Gasteiger partial charge in [0.25, 0.3) is 0 Å². The molecule has 1 fully saturated rings. The van der Waals surface area contributed by atoms with Crippen LogP contribution in [0.5, 0.6) is 0 Å². The van der Waals surface area contributed by atoms with Crippen molar-refractivity contribution in [3.63, 3.8) is 0 Å². The Balaban J connectivity index is 1.94. The van der Waals surface area contributed by atoms with Crippen LogP contribution in [0.4, 0.5) is 0 Å². The molecule has 0 radical (unpaired) electrons. The molecule has 0 unspecified atom stereocenters. The highest BCUT2D eigenvalue weighted by atomic mass is 35.5. The van der Waals surface area contributed by atoms with E-state index in [0.717, 1.165) is 30.7 Å². The Morgan fingerprint density at radius 3 is 2.67 bits per heavy atom. The summed E-state index contributed by atoms with van der Waals surface area (Å²) in [5.74, 6) is 0.415. The second-order valence-electron chi connectivity index (χ2n) is 3.81. The minimum atomic E-state index is 0.415. The molecule has 3 heteroatoms. The maximum Gasteiger partial charge on any atom is 0.132 e. The molecule has 1 aromatic carbocycles. The van der Waals surface area contributed by atoms with Gasteiger partial charge in [0.1, 0.15) is 5.78 Å². The summed E-state index contributed by atoms with van der Waals surface area (Å²) in [6.45, 7) is 0. The number of hydrogen-bond donors (Lipinski definition) is 0. The first-order valence-electron chi connectivity index (χ1n) is 5.18. The van der Waals surface area contributed by atoms with Crippen LogP contribution in [-0.2, 0) is 4.79 Å². The zero-order valence-electron chi connectivity index (χ0n) is 8.41. The molecule has 1 aromatic rings. The molecule has 0 aromatic heterocycles. The summed E-state index contributed by atoms with van der Waals surface area (Å²) in [5, 5.41) is 1.37. The van der Waals surface area contributed by atoms with Crippen molar-refractivity contribution >= 4 is 29.1 Å². The Morgan fingerprint density at radius 2 is 2.00 bits per heavy atom. The number of hydrogen-bond acceptors (Lipinski definition) is 2. The number of rotatable bonds is 2. The fourth-order valence-electron chi connectivity index (χ4n) is 1.76. The molecule has 0 atom stereocenters. The highest BCUT2D eigenvalue weighted by Crippen LogP contribution is 2.33. The van der Waals surface area contributed by atoms with Crippen LogP contribution in [0.15, 0.2) is 29.2 Å². The fourth-order valence-corrected chi connectivity index (χ4v) is 3.23. The predicted molar refractivity (Wildman–Crippen MR) is 64.6 cm³/mol. The van der Waals surface area contributed by atoms with Gasteiger partial charge in [-0.25, -0.2) is 0 Å². The van der Waals surface area contributed by atoms with Crippen molar-refractivity contribution in [1.82, 2.24) is 0 Å². The number of ketones is 1. The molecule has 15 heavy (non-hydrogen) atoms. The summed E-state index contributed by atoms with van der Waals surface area (Å²) in [7, 11) is 0. The van der Waals surface area contributed by atoms with Crippen molar-refractivity contribution in [2.45, 2.75) is 35.8 Å². The van der Waals surface area contributed by atoms with Gasteiger partial charge in [0.05, 0.1) is 0 Å². The first-order chi connectivity index (χ1) is 7.24. The molecule has 0 saturated heterocycles. The van der Waals surface area contributed by atoms with E-state index >= 15 is 0 Å². The first-order valence-corrected chi connectivity index (χ1v) is 6.44. The van der Waals surface area contributed by atoms with E-state index in [-0.39, 0.29) is 0 Å². The Labute approximate surface area is 99.2 Å². The smallest absolute Gasteiger partial charge is 0.132 e. The third-order valence-electron chi connectivity index (χ3n) is 2.59. The Hall–Kier alpha value is -0.470. The van der Waals surface area contributed by atoms with Gasteiger partial charge in [-0.3, -0.25) is 4.79 Å². The molecular weight excluding hydrogens is 228 g/mol. The minimum Gasteiger partial charge on any atom is -0.300 e. The number of halogens is 1. The van der Waals surface area contributed by atoms with Crippen LogP contribution in [0.1, 0.15) is 25.7 Å². The molecule has 1 nitrogen and oxygen atoms in total. The second kappa shape index (κ2) is 5.04. The molecule has 0 heterocycles. The van der Waals surface area contributed by atoms with Crippen molar-refractivity contribution in [2.75, 3.05) is 0 Å². The van der Waals surface area contributed by atoms with Gasteiger partial charge in [0.15, 0.2) is 0 Å². The Morgan fingerprint density at radius 1 is 1.27 bits per heavy atom. The highest BCUT2D eigenvalue weighted by Gasteiger charge is 2.19. The lowest BCUT2D eigenvalue weighted by molar-refractivity contribution is -0.120. The Bertz CT molecular complexity index is 354. The van der Waals surface area contributed by atoms with Gasteiger partial charge in [-0.1, -0.05) is 17.7 Å². The van der Waals surface area contributed by atoms with E-state index in [1.165, 1.54) is 4.90 Å². The van der Waals surface area contributed by atoms with Gasteiger partial charge >= 0.3 is 0 Å². The van der Waals surface area contributed by atoms with Crippen molar-refractivity contribution in [3.05, 3.63) is 29.3 Å². The van der Waals surface area contributed by atoms with Crippen LogP contribution in [0.3, 0.4) is 0 Å². The maximum absolute atomic E-state index is 11.1. The first kappa shape index (κ1) is 11.0. The molecular formula is C12H13ClOS. The molecule has 0 spiro atoms. The van der Waals surface area contributed by atoms with E-state index in [2.05, 4.69) is 6.07 Å². The van der Waals surface area contributed by atoms with Crippen LogP contribution >= 0.6 is 23.4 Å². The van der Waals surface area contributed by atoms with Gasteiger partial charge in [0.2, 0.25) is 0 Å². The molecule has 0 N–H and O–H groups in total. The van der Waals surface area contributed by atoms with E-state index in [0.29, 0.717) is 11.0 Å². The van der Waals surface area contributed by atoms with Crippen molar-refractivity contribution < 1.29 is 4.79 Å². The van der Waals surface area contributed by atoms with E-state index in [9.17, 15) is 4.79 Å². The quantitative estimate of drug-likeness (QED) is 0.779. The van der Waals surface area contributed by atoms with Gasteiger partial charge < -0.3 is 0 Å². The van der Waals surface area contributed by atoms with Crippen molar-refractivity contribution in [1.29, 1.82) is 0 Å². The number of benzene rings is 1. The molecule has 2 rings (SSSR count).